The molecule has 1 unspecified atom stereocenters. The highest BCUT2D eigenvalue weighted by molar-refractivity contribution is 5.18. The van der Waals surface area contributed by atoms with Gasteiger partial charge in [-0.2, -0.15) is 0 Å². The van der Waals surface area contributed by atoms with E-state index in [0.29, 0.717) is 12.0 Å². The molecule has 1 aromatic rings. The fourth-order valence-corrected chi connectivity index (χ4v) is 2.07. The van der Waals surface area contributed by atoms with Gasteiger partial charge in [0.25, 0.3) is 0 Å². The van der Waals surface area contributed by atoms with E-state index in [1.807, 2.05) is 6.08 Å². The Balaban J connectivity index is 2.36. The average Bonchev–Trinajstić information content (AvgIpc) is 2.42. The van der Waals surface area contributed by atoms with E-state index in [1.165, 1.54) is 5.56 Å². The van der Waals surface area contributed by atoms with Gasteiger partial charge in [0.2, 0.25) is 0 Å². The number of benzene rings is 1. The van der Waals surface area contributed by atoms with Crippen molar-refractivity contribution in [3.63, 3.8) is 0 Å². The van der Waals surface area contributed by atoms with Crippen LogP contribution in [0.3, 0.4) is 0 Å². The summed E-state index contributed by atoms with van der Waals surface area (Å²) < 4.78 is 5.53. The lowest BCUT2D eigenvalue weighted by Crippen LogP contribution is -2.26. The van der Waals surface area contributed by atoms with Gasteiger partial charge in [-0.3, -0.25) is 0 Å². The Morgan fingerprint density at radius 3 is 2.58 bits per heavy atom. The van der Waals surface area contributed by atoms with Gasteiger partial charge in [0.05, 0.1) is 13.2 Å². The lowest BCUT2D eigenvalue weighted by molar-refractivity contribution is 0.137. The van der Waals surface area contributed by atoms with Crippen molar-refractivity contribution in [1.29, 1.82) is 0 Å². The minimum atomic E-state index is 0.421. The lowest BCUT2D eigenvalue weighted by Gasteiger charge is -2.21. The molecular formula is C17H27NO. The largest absolute Gasteiger partial charge is 0.380 e. The molecule has 2 nitrogen and oxygen atoms in total. The Morgan fingerprint density at radius 2 is 1.95 bits per heavy atom. The quantitative estimate of drug-likeness (QED) is 0.508. The molecule has 0 aromatic heterocycles. The van der Waals surface area contributed by atoms with E-state index in [0.717, 1.165) is 32.6 Å². The van der Waals surface area contributed by atoms with Crippen LogP contribution in [0, 0.1) is 5.92 Å². The Kier molecular flexibility index (Phi) is 8.19. The second kappa shape index (κ2) is 9.76. The highest BCUT2D eigenvalue weighted by atomic mass is 16.5. The maximum absolute atomic E-state index is 5.53. The van der Waals surface area contributed by atoms with Crippen molar-refractivity contribution in [2.24, 2.45) is 5.92 Å². The fourth-order valence-electron chi connectivity index (χ4n) is 2.07. The van der Waals surface area contributed by atoms with Gasteiger partial charge in [-0.05, 0) is 24.3 Å². The SMILES string of the molecule is C=CCCOCCNC(CC(C)C)c1ccccc1. The molecule has 0 bridgehead atoms. The maximum atomic E-state index is 5.53. The number of rotatable bonds is 10. The Morgan fingerprint density at radius 1 is 1.21 bits per heavy atom. The van der Waals surface area contributed by atoms with Crippen LogP contribution in [0.5, 0.6) is 0 Å². The first kappa shape index (κ1) is 15.9. The van der Waals surface area contributed by atoms with E-state index in [2.05, 4.69) is 56.1 Å². The van der Waals surface area contributed by atoms with Gasteiger partial charge in [0, 0.05) is 12.6 Å². The highest BCUT2D eigenvalue weighted by Gasteiger charge is 2.11. The van der Waals surface area contributed by atoms with Crippen LogP contribution in [0.1, 0.15) is 38.3 Å². The first-order chi connectivity index (χ1) is 9.24. The smallest absolute Gasteiger partial charge is 0.0591 e. The molecule has 1 aromatic carbocycles. The topological polar surface area (TPSA) is 21.3 Å². The Hall–Kier alpha value is -1.12. The standard InChI is InChI=1S/C17H27NO/c1-4-5-12-19-13-11-18-17(14-15(2)3)16-9-7-6-8-10-16/h4,6-10,15,17-18H,1,5,11-14H2,2-3H3. The molecule has 0 aliphatic heterocycles. The van der Waals surface area contributed by atoms with E-state index in [1.54, 1.807) is 0 Å². The minimum Gasteiger partial charge on any atom is -0.380 e. The van der Waals surface area contributed by atoms with Gasteiger partial charge >= 0.3 is 0 Å². The van der Waals surface area contributed by atoms with Crippen molar-refractivity contribution in [3.05, 3.63) is 48.6 Å². The summed E-state index contributed by atoms with van der Waals surface area (Å²) in [6.07, 6.45) is 3.96. The van der Waals surface area contributed by atoms with Crippen LogP contribution in [-0.2, 0) is 4.74 Å². The molecule has 0 spiro atoms. The second-order valence-corrected chi connectivity index (χ2v) is 5.24. The van der Waals surface area contributed by atoms with Crippen molar-refractivity contribution in [2.75, 3.05) is 19.8 Å². The third-order valence-electron chi connectivity index (χ3n) is 3.01. The van der Waals surface area contributed by atoms with Crippen LogP contribution >= 0.6 is 0 Å². The van der Waals surface area contributed by atoms with Gasteiger partial charge < -0.3 is 10.1 Å². The normalized spacial score (nSPS) is 12.6. The van der Waals surface area contributed by atoms with Crippen LogP contribution in [0.25, 0.3) is 0 Å². The molecule has 1 N–H and O–H groups in total. The molecule has 1 atom stereocenters. The average molecular weight is 261 g/mol. The molecule has 0 aliphatic rings. The zero-order valence-electron chi connectivity index (χ0n) is 12.3. The van der Waals surface area contributed by atoms with E-state index >= 15 is 0 Å². The number of nitrogens with one attached hydrogen (secondary N) is 1. The lowest BCUT2D eigenvalue weighted by atomic mass is 9.97. The van der Waals surface area contributed by atoms with Crippen molar-refractivity contribution >= 4 is 0 Å². The molecule has 0 aliphatic carbocycles. The minimum absolute atomic E-state index is 0.421. The van der Waals surface area contributed by atoms with Crippen LogP contribution < -0.4 is 5.32 Å². The van der Waals surface area contributed by atoms with Crippen LogP contribution in [-0.4, -0.2) is 19.8 Å². The predicted octanol–water partition coefficient (Wildman–Crippen LogP) is 3.96. The van der Waals surface area contributed by atoms with Gasteiger partial charge in [-0.1, -0.05) is 50.3 Å². The highest BCUT2D eigenvalue weighted by Crippen LogP contribution is 2.20. The molecule has 0 fully saturated rings. The summed E-state index contributed by atoms with van der Waals surface area (Å²) >= 11 is 0. The summed E-state index contributed by atoms with van der Waals surface area (Å²) in [6, 6.07) is 11.1. The second-order valence-electron chi connectivity index (χ2n) is 5.24. The van der Waals surface area contributed by atoms with Gasteiger partial charge in [-0.25, -0.2) is 0 Å². The Labute approximate surface area is 117 Å². The van der Waals surface area contributed by atoms with Crippen LogP contribution in [0.4, 0.5) is 0 Å². The van der Waals surface area contributed by atoms with E-state index < -0.39 is 0 Å². The summed E-state index contributed by atoms with van der Waals surface area (Å²) in [4.78, 5) is 0. The zero-order chi connectivity index (χ0) is 13.9. The molecule has 106 valence electrons. The van der Waals surface area contributed by atoms with Gasteiger partial charge in [0.15, 0.2) is 0 Å². The molecule has 2 heteroatoms. The first-order valence-electron chi connectivity index (χ1n) is 7.21. The van der Waals surface area contributed by atoms with Crippen molar-refractivity contribution in [2.45, 2.75) is 32.7 Å². The molecule has 0 heterocycles. The Bertz CT molecular complexity index is 334. The number of hydrogen-bond donors (Lipinski definition) is 1. The van der Waals surface area contributed by atoms with Crippen LogP contribution in [0.15, 0.2) is 43.0 Å². The summed E-state index contributed by atoms with van der Waals surface area (Å²) in [5, 5.41) is 3.59. The monoisotopic (exact) mass is 261 g/mol. The molecule has 0 saturated heterocycles. The summed E-state index contributed by atoms with van der Waals surface area (Å²) in [5.41, 5.74) is 1.36. The van der Waals surface area contributed by atoms with Crippen molar-refractivity contribution < 1.29 is 4.74 Å². The maximum Gasteiger partial charge on any atom is 0.0591 e. The van der Waals surface area contributed by atoms with E-state index in [4.69, 9.17) is 4.74 Å². The summed E-state index contributed by atoms with van der Waals surface area (Å²) in [5.74, 6) is 0.680. The van der Waals surface area contributed by atoms with E-state index in [9.17, 15) is 0 Å². The molecule has 0 radical (unpaired) electrons. The third kappa shape index (κ3) is 7.14. The van der Waals surface area contributed by atoms with Gasteiger partial charge in [-0.15, -0.1) is 6.58 Å². The molecular weight excluding hydrogens is 234 g/mol. The van der Waals surface area contributed by atoms with Gasteiger partial charge in [0.1, 0.15) is 0 Å². The predicted molar refractivity (Wildman–Crippen MR) is 82.3 cm³/mol. The number of ether oxygens (including phenoxy) is 1. The first-order valence-corrected chi connectivity index (χ1v) is 7.21. The molecule has 0 saturated carbocycles. The van der Waals surface area contributed by atoms with Crippen molar-refractivity contribution in [3.8, 4) is 0 Å². The van der Waals surface area contributed by atoms with Crippen LogP contribution in [0.2, 0.25) is 0 Å². The molecule has 1 rings (SSSR count). The molecule has 19 heavy (non-hydrogen) atoms. The third-order valence-corrected chi connectivity index (χ3v) is 3.01. The summed E-state index contributed by atoms with van der Waals surface area (Å²) in [7, 11) is 0. The fraction of sp³-hybridized carbons (Fsp3) is 0.529. The zero-order valence-corrected chi connectivity index (χ0v) is 12.3. The van der Waals surface area contributed by atoms with Crippen molar-refractivity contribution in [1.82, 2.24) is 5.32 Å². The summed E-state index contributed by atoms with van der Waals surface area (Å²) in [6.45, 7) is 10.6. The molecule has 0 amide bonds. The number of hydrogen-bond acceptors (Lipinski definition) is 2. The van der Waals surface area contributed by atoms with E-state index in [-0.39, 0.29) is 0 Å².